The summed E-state index contributed by atoms with van der Waals surface area (Å²) in [6, 6.07) is 10.0. The number of alkyl halides is 3. The molecule has 0 radical (unpaired) electrons. The molecule has 176 valence electrons. The molecule has 5 rings (SSSR count). The fourth-order valence-electron chi connectivity index (χ4n) is 5.73. The third-order valence-electron chi connectivity index (χ3n) is 7.42. The summed E-state index contributed by atoms with van der Waals surface area (Å²) in [7, 11) is 0. The number of piperazine rings is 1. The first-order chi connectivity index (χ1) is 15.9. The minimum absolute atomic E-state index is 0.0488. The molecule has 2 unspecified atom stereocenters. The molecule has 2 aliphatic heterocycles. The van der Waals surface area contributed by atoms with Crippen molar-refractivity contribution in [2.45, 2.75) is 56.9 Å². The average Bonchev–Trinajstić information content (AvgIpc) is 3.36. The van der Waals surface area contributed by atoms with Gasteiger partial charge in [0.2, 0.25) is 5.91 Å². The largest absolute Gasteiger partial charge is 0.416 e. The predicted octanol–water partition coefficient (Wildman–Crippen LogP) is 4.02. The van der Waals surface area contributed by atoms with Crippen molar-refractivity contribution in [3.05, 3.63) is 59.4 Å². The Hall–Kier alpha value is -2.61. The predicted molar refractivity (Wildman–Crippen MR) is 120 cm³/mol. The first kappa shape index (κ1) is 22.2. The first-order valence-corrected chi connectivity index (χ1v) is 11.8. The van der Waals surface area contributed by atoms with Crippen LogP contribution in [0.15, 0.2) is 42.6 Å². The number of nitrogens with zero attached hydrogens (tertiary/aromatic N) is 3. The number of hydrogen-bond donors (Lipinski definition) is 1. The van der Waals surface area contributed by atoms with Crippen LogP contribution in [-0.2, 0) is 23.9 Å². The van der Waals surface area contributed by atoms with Crippen LogP contribution < -0.4 is 10.2 Å². The number of carbonyl (C=O) groups excluding carboxylic acids is 1. The van der Waals surface area contributed by atoms with Gasteiger partial charge in [0, 0.05) is 37.6 Å². The molecule has 1 aromatic heterocycles. The van der Waals surface area contributed by atoms with Crippen molar-refractivity contribution in [2.24, 2.45) is 5.92 Å². The minimum atomic E-state index is -4.40. The van der Waals surface area contributed by atoms with Crippen LogP contribution in [0.5, 0.6) is 0 Å². The van der Waals surface area contributed by atoms with Crippen LogP contribution in [0.4, 0.5) is 18.9 Å². The molecular formula is C25H29F3N4O. The Kier molecular flexibility index (Phi) is 6.03. The lowest BCUT2D eigenvalue weighted by Crippen LogP contribution is -2.62. The maximum Gasteiger partial charge on any atom is 0.416 e. The molecule has 0 spiro atoms. The molecule has 2 aromatic rings. The molecule has 0 bridgehead atoms. The minimum Gasteiger partial charge on any atom is -0.365 e. The summed E-state index contributed by atoms with van der Waals surface area (Å²) >= 11 is 0. The summed E-state index contributed by atoms with van der Waals surface area (Å²) in [6.07, 6.45) is 2.46. The third kappa shape index (κ3) is 4.58. The third-order valence-corrected chi connectivity index (χ3v) is 7.42. The molecule has 5 nitrogen and oxygen atoms in total. The monoisotopic (exact) mass is 458 g/mol. The fourth-order valence-corrected chi connectivity index (χ4v) is 5.73. The van der Waals surface area contributed by atoms with Crippen LogP contribution in [0.2, 0.25) is 0 Å². The fraction of sp³-hybridized carbons (Fsp3) is 0.520. The van der Waals surface area contributed by atoms with Gasteiger partial charge in [-0.15, -0.1) is 0 Å². The normalized spacial score (nSPS) is 23.8. The number of aromatic nitrogens is 1. The van der Waals surface area contributed by atoms with E-state index >= 15 is 0 Å². The van der Waals surface area contributed by atoms with Gasteiger partial charge in [0.15, 0.2) is 0 Å². The molecule has 1 aromatic carbocycles. The van der Waals surface area contributed by atoms with E-state index in [-0.39, 0.29) is 11.9 Å². The highest BCUT2D eigenvalue weighted by Gasteiger charge is 2.43. The number of anilines is 1. The molecule has 33 heavy (non-hydrogen) atoms. The van der Waals surface area contributed by atoms with Gasteiger partial charge in [-0.25, -0.2) is 0 Å². The van der Waals surface area contributed by atoms with Gasteiger partial charge < -0.3 is 10.2 Å². The number of rotatable bonds is 4. The van der Waals surface area contributed by atoms with Crippen molar-refractivity contribution in [1.29, 1.82) is 0 Å². The molecule has 1 N–H and O–H groups in total. The molecule has 3 heterocycles. The van der Waals surface area contributed by atoms with Crippen LogP contribution in [0.3, 0.4) is 0 Å². The van der Waals surface area contributed by atoms with Gasteiger partial charge in [0.25, 0.3) is 0 Å². The summed E-state index contributed by atoms with van der Waals surface area (Å²) in [5.74, 6) is -0.527. The average molecular weight is 459 g/mol. The number of benzene rings is 1. The SMILES string of the molecule is O=C(NCc1ccccn1)C1Cc2cc(C(F)(F)F)ccc2N2CCN(C3CCCC3)CC12. The number of nitrogens with one attached hydrogen (secondary N) is 1. The maximum absolute atomic E-state index is 13.4. The number of halogens is 3. The van der Waals surface area contributed by atoms with Crippen molar-refractivity contribution in [2.75, 3.05) is 24.5 Å². The summed E-state index contributed by atoms with van der Waals surface area (Å²) in [5.41, 5.74) is 1.55. The highest BCUT2D eigenvalue weighted by atomic mass is 19.4. The van der Waals surface area contributed by atoms with E-state index < -0.39 is 17.7 Å². The van der Waals surface area contributed by atoms with E-state index in [0.717, 1.165) is 31.0 Å². The highest BCUT2D eigenvalue weighted by molar-refractivity contribution is 5.82. The smallest absolute Gasteiger partial charge is 0.365 e. The van der Waals surface area contributed by atoms with Gasteiger partial charge in [-0.2, -0.15) is 13.2 Å². The maximum atomic E-state index is 13.4. The number of amides is 1. The molecule has 1 saturated carbocycles. The van der Waals surface area contributed by atoms with Crippen LogP contribution in [-0.4, -0.2) is 47.5 Å². The van der Waals surface area contributed by atoms with E-state index in [1.54, 1.807) is 12.3 Å². The second-order valence-corrected chi connectivity index (χ2v) is 9.38. The zero-order chi connectivity index (χ0) is 23.0. The lowest BCUT2D eigenvalue weighted by Gasteiger charge is -2.50. The van der Waals surface area contributed by atoms with Crippen LogP contribution in [0.25, 0.3) is 0 Å². The summed E-state index contributed by atoms with van der Waals surface area (Å²) in [5, 5.41) is 2.99. The first-order valence-electron chi connectivity index (χ1n) is 11.8. The van der Waals surface area contributed by atoms with Crippen LogP contribution in [0.1, 0.15) is 42.5 Å². The van der Waals surface area contributed by atoms with Crippen molar-refractivity contribution in [1.82, 2.24) is 15.2 Å². The van der Waals surface area contributed by atoms with E-state index in [4.69, 9.17) is 0 Å². The second kappa shape index (κ2) is 8.97. The van der Waals surface area contributed by atoms with E-state index in [2.05, 4.69) is 20.1 Å². The van der Waals surface area contributed by atoms with Crippen LogP contribution in [0, 0.1) is 5.92 Å². The Labute approximate surface area is 192 Å². The van der Waals surface area contributed by atoms with Crippen molar-refractivity contribution >= 4 is 11.6 Å². The Morgan fingerprint density at radius 2 is 1.94 bits per heavy atom. The highest BCUT2D eigenvalue weighted by Crippen LogP contribution is 2.40. The van der Waals surface area contributed by atoms with Gasteiger partial charge in [-0.1, -0.05) is 18.9 Å². The van der Waals surface area contributed by atoms with E-state index in [1.165, 1.54) is 37.8 Å². The Bertz CT molecular complexity index is 991. The molecule has 2 fully saturated rings. The Balaban J connectivity index is 1.41. The number of fused-ring (bicyclic) bond motifs is 3. The van der Waals surface area contributed by atoms with Crippen molar-refractivity contribution < 1.29 is 18.0 Å². The standard InChI is InChI=1S/C25H29F3N4O/c26-25(27,28)18-8-9-22-17(13-18)14-21(24(33)30-15-19-5-3-4-10-29-19)23-16-31(11-12-32(22)23)20-6-1-2-7-20/h3-5,8-10,13,20-21,23H,1-2,6-7,11-12,14-16H2,(H,30,33). The second-order valence-electron chi connectivity index (χ2n) is 9.38. The van der Waals surface area contributed by atoms with E-state index in [1.807, 2.05) is 18.2 Å². The van der Waals surface area contributed by atoms with Gasteiger partial charge in [0.05, 0.1) is 29.8 Å². The summed E-state index contributed by atoms with van der Waals surface area (Å²) in [4.78, 5) is 22.3. The summed E-state index contributed by atoms with van der Waals surface area (Å²) < 4.78 is 40.1. The molecular weight excluding hydrogens is 429 g/mol. The van der Waals surface area contributed by atoms with Crippen molar-refractivity contribution in [3.63, 3.8) is 0 Å². The molecule has 1 amide bonds. The lowest BCUT2D eigenvalue weighted by atomic mass is 9.82. The molecule has 2 atom stereocenters. The number of hydrogen-bond acceptors (Lipinski definition) is 4. The zero-order valence-electron chi connectivity index (χ0n) is 18.5. The zero-order valence-corrected chi connectivity index (χ0v) is 18.5. The summed E-state index contributed by atoms with van der Waals surface area (Å²) in [6.45, 7) is 2.69. The van der Waals surface area contributed by atoms with Gasteiger partial charge >= 0.3 is 6.18 Å². The molecule has 1 aliphatic carbocycles. The van der Waals surface area contributed by atoms with E-state index in [0.29, 0.717) is 24.6 Å². The van der Waals surface area contributed by atoms with E-state index in [9.17, 15) is 18.0 Å². The number of carbonyl (C=O) groups is 1. The van der Waals surface area contributed by atoms with Gasteiger partial charge in [-0.05, 0) is 55.2 Å². The van der Waals surface area contributed by atoms with Crippen molar-refractivity contribution in [3.8, 4) is 0 Å². The molecule has 1 saturated heterocycles. The molecule has 3 aliphatic rings. The number of pyridine rings is 1. The van der Waals surface area contributed by atoms with Gasteiger partial charge in [-0.3, -0.25) is 14.7 Å². The van der Waals surface area contributed by atoms with Crippen LogP contribution >= 0.6 is 0 Å². The molecule has 8 heteroatoms. The lowest BCUT2D eigenvalue weighted by molar-refractivity contribution is -0.137. The Morgan fingerprint density at radius 1 is 1.12 bits per heavy atom. The Morgan fingerprint density at radius 3 is 2.67 bits per heavy atom. The topological polar surface area (TPSA) is 48.5 Å². The van der Waals surface area contributed by atoms with Gasteiger partial charge in [0.1, 0.15) is 0 Å². The quantitative estimate of drug-likeness (QED) is 0.752.